The Morgan fingerprint density at radius 2 is 0.879 bits per heavy atom. The molecule has 6 nitrogen and oxygen atoms in total. The van der Waals surface area contributed by atoms with E-state index in [0.717, 1.165) is 11.1 Å². The largest absolute Gasteiger partial charge is 2.00 e. The van der Waals surface area contributed by atoms with Crippen molar-refractivity contribution >= 4 is 11.9 Å². The molecule has 185 valence electrons. The third-order valence-corrected chi connectivity index (χ3v) is 5.32. The van der Waals surface area contributed by atoms with E-state index in [0.29, 0.717) is 11.1 Å². The summed E-state index contributed by atoms with van der Waals surface area (Å²) in [6, 6.07) is 6.33. The van der Waals surface area contributed by atoms with Crippen LogP contribution < -0.4 is 10.2 Å². The number of carboxylic acid groups (broad SMARTS) is 2. The number of carbonyl (C=O) groups is 2. The van der Waals surface area contributed by atoms with Crippen molar-refractivity contribution in [2.45, 2.75) is 79.1 Å². The summed E-state index contributed by atoms with van der Waals surface area (Å²) in [7, 11) is 0. The minimum Gasteiger partial charge on any atom is -0.872 e. The van der Waals surface area contributed by atoms with E-state index in [-0.39, 0.29) is 63.4 Å². The van der Waals surface area contributed by atoms with Crippen molar-refractivity contribution in [3.8, 4) is 11.5 Å². The molecule has 1 radical (unpaired) electrons. The summed E-state index contributed by atoms with van der Waals surface area (Å²) in [6.45, 7) is 15.6. The van der Waals surface area contributed by atoms with Gasteiger partial charge in [0.1, 0.15) is 0 Å². The average Bonchev–Trinajstić information content (AvgIpc) is 2.66. The van der Waals surface area contributed by atoms with Crippen LogP contribution >= 0.6 is 0 Å². The van der Waals surface area contributed by atoms with Gasteiger partial charge in [-0.2, -0.15) is 0 Å². The van der Waals surface area contributed by atoms with Gasteiger partial charge in [0.05, 0.1) is 11.1 Å². The van der Waals surface area contributed by atoms with Gasteiger partial charge in [-0.1, -0.05) is 79.0 Å². The van der Waals surface area contributed by atoms with E-state index >= 15 is 0 Å². The zero-order valence-corrected chi connectivity index (χ0v) is 21.4. The molecule has 0 spiro atoms. The van der Waals surface area contributed by atoms with Gasteiger partial charge in [0.25, 0.3) is 0 Å². The zero-order chi connectivity index (χ0) is 24.9. The molecule has 0 unspecified atom stereocenters. The first-order valence-corrected chi connectivity index (χ1v) is 10.9. The molecular weight excluding hydrogens is 472 g/mol. The van der Waals surface area contributed by atoms with Crippen molar-refractivity contribution in [2.75, 3.05) is 0 Å². The van der Waals surface area contributed by atoms with Crippen LogP contribution in [0.2, 0.25) is 0 Å². The van der Waals surface area contributed by atoms with E-state index in [9.17, 15) is 19.8 Å². The molecule has 2 N–H and O–H groups in total. The molecule has 0 aliphatic rings. The van der Waals surface area contributed by atoms with Gasteiger partial charge in [-0.05, 0) is 58.1 Å². The molecule has 33 heavy (non-hydrogen) atoms. The molecular formula is C26H34CuO6. The van der Waals surface area contributed by atoms with Gasteiger partial charge < -0.3 is 20.4 Å². The topological polar surface area (TPSA) is 121 Å². The molecule has 2 aromatic carbocycles. The molecule has 0 bridgehead atoms. The van der Waals surface area contributed by atoms with Crippen molar-refractivity contribution in [1.29, 1.82) is 0 Å². The monoisotopic (exact) mass is 505 g/mol. The smallest absolute Gasteiger partial charge is 0.872 e. The fourth-order valence-electron chi connectivity index (χ4n) is 3.76. The molecule has 0 amide bonds. The maximum Gasteiger partial charge on any atom is 2.00 e. The molecule has 0 aliphatic heterocycles. The second-order valence-corrected chi connectivity index (χ2v) is 9.12. The fraction of sp³-hybridized carbons (Fsp3) is 0.462. The van der Waals surface area contributed by atoms with Crippen molar-refractivity contribution in [1.82, 2.24) is 0 Å². The average molecular weight is 506 g/mol. The molecule has 2 aromatic rings. The molecule has 0 fully saturated rings. The molecule has 0 aromatic heterocycles. The standard InChI is InChI=1S/2C13H18O3.Cu/c2*1-7(2)9-5-6-10(13(15)16)12(14)11(9)8(3)4;/h2*5-8,14H,1-4H3,(H,15,16);/q;;+2/p-2. The van der Waals surface area contributed by atoms with E-state index < -0.39 is 11.9 Å². The van der Waals surface area contributed by atoms with Crippen LogP contribution in [-0.2, 0) is 17.1 Å². The van der Waals surface area contributed by atoms with Gasteiger partial charge >= 0.3 is 29.0 Å². The van der Waals surface area contributed by atoms with Crippen LogP contribution in [0.5, 0.6) is 11.5 Å². The number of hydrogen-bond acceptors (Lipinski definition) is 4. The van der Waals surface area contributed by atoms with E-state index in [4.69, 9.17) is 10.2 Å². The Balaban J connectivity index is 0.000000602. The van der Waals surface area contributed by atoms with E-state index in [1.165, 1.54) is 12.1 Å². The Morgan fingerprint density at radius 3 is 1.06 bits per heavy atom. The van der Waals surface area contributed by atoms with Gasteiger partial charge in [-0.25, -0.2) is 9.59 Å². The van der Waals surface area contributed by atoms with Crippen molar-refractivity contribution in [2.24, 2.45) is 0 Å². The predicted octanol–water partition coefficient (Wildman–Crippen LogP) is 5.41. The van der Waals surface area contributed by atoms with Crippen LogP contribution in [0.3, 0.4) is 0 Å². The molecule has 0 saturated carbocycles. The van der Waals surface area contributed by atoms with Crippen LogP contribution in [0, 0.1) is 0 Å². The summed E-state index contributed by atoms with van der Waals surface area (Å²) in [5, 5.41) is 41.8. The van der Waals surface area contributed by atoms with Crippen LogP contribution in [0.15, 0.2) is 24.3 Å². The Hall–Kier alpha value is -2.50. The minimum atomic E-state index is -1.15. The summed E-state index contributed by atoms with van der Waals surface area (Å²) in [5.74, 6) is -2.43. The first-order valence-electron chi connectivity index (χ1n) is 10.9. The summed E-state index contributed by atoms with van der Waals surface area (Å²) in [6.07, 6.45) is 0. The number of carboxylic acids is 2. The van der Waals surface area contributed by atoms with E-state index in [1.54, 1.807) is 12.1 Å². The Bertz CT molecular complexity index is 898. The second-order valence-electron chi connectivity index (χ2n) is 9.12. The molecule has 0 atom stereocenters. The summed E-state index contributed by atoms with van der Waals surface area (Å²) in [5.41, 5.74) is 2.90. The molecule has 0 aliphatic carbocycles. The maximum absolute atomic E-state index is 12.0. The molecule has 0 saturated heterocycles. The van der Waals surface area contributed by atoms with Crippen LogP contribution in [-0.4, -0.2) is 22.2 Å². The number of hydrogen-bond donors (Lipinski definition) is 2. The zero-order valence-electron chi connectivity index (χ0n) is 20.4. The first-order chi connectivity index (χ1) is 14.7. The van der Waals surface area contributed by atoms with Crippen molar-refractivity contribution in [3.05, 3.63) is 57.6 Å². The normalized spacial score (nSPS) is 10.8. The van der Waals surface area contributed by atoms with Gasteiger partial charge in [0.15, 0.2) is 0 Å². The van der Waals surface area contributed by atoms with E-state index in [2.05, 4.69) is 0 Å². The van der Waals surface area contributed by atoms with Crippen LogP contribution in [0.25, 0.3) is 0 Å². The summed E-state index contributed by atoms with van der Waals surface area (Å²) >= 11 is 0. The Kier molecular flexibility index (Phi) is 11.7. The van der Waals surface area contributed by atoms with Gasteiger partial charge in [0, 0.05) is 0 Å². The van der Waals surface area contributed by atoms with Crippen LogP contribution in [0.1, 0.15) is 122 Å². The molecule has 0 heterocycles. The van der Waals surface area contributed by atoms with Gasteiger partial charge in [-0.15, -0.1) is 0 Å². The SMILES string of the molecule is CC(C)c1ccc(C(=O)O)c([O-])c1C(C)C.CC(C)c1ccc(C(=O)O)c([O-])c1C(C)C.[Cu+2]. The Labute approximate surface area is 207 Å². The quantitative estimate of drug-likeness (QED) is 0.506. The number of aromatic carboxylic acids is 2. The fourth-order valence-corrected chi connectivity index (χ4v) is 3.76. The number of rotatable bonds is 6. The van der Waals surface area contributed by atoms with Crippen molar-refractivity contribution in [3.63, 3.8) is 0 Å². The molecule has 2 rings (SSSR count). The summed E-state index contributed by atoms with van der Waals surface area (Å²) in [4.78, 5) is 21.8. The summed E-state index contributed by atoms with van der Waals surface area (Å²) < 4.78 is 0. The minimum absolute atomic E-state index is 0. The predicted molar refractivity (Wildman–Crippen MR) is 122 cm³/mol. The number of benzene rings is 2. The third-order valence-electron chi connectivity index (χ3n) is 5.32. The van der Waals surface area contributed by atoms with Crippen LogP contribution in [0.4, 0.5) is 0 Å². The molecule has 7 heteroatoms. The first kappa shape index (κ1) is 30.5. The second kappa shape index (κ2) is 12.7. The Morgan fingerprint density at radius 1 is 0.606 bits per heavy atom. The third kappa shape index (κ3) is 7.24. The van der Waals surface area contributed by atoms with Gasteiger partial charge in [-0.3, -0.25) is 0 Å². The van der Waals surface area contributed by atoms with E-state index in [1.807, 2.05) is 55.4 Å². The maximum atomic E-state index is 12.0. The van der Waals surface area contributed by atoms with Gasteiger partial charge in [0.2, 0.25) is 0 Å². The van der Waals surface area contributed by atoms with Crippen molar-refractivity contribution < 1.29 is 47.1 Å².